The Bertz CT molecular complexity index is 417. The van der Waals surface area contributed by atoms with E-state index in [1.807, 2.05) is 0 Å². The van der Waals surface area contributed by atoms with Gasteiger partial charge in [-0.3, -0.25) is 4.18 Å². The average molecular weight is 274 g/mol. The van der Waals surface area contributed by atoms with Gasteiger partial charge in [-0.2, -0.15) is 8.42 Å². The van der Waals surface area contributed by atoms with Gasteiger partial charge in [0.2, 0.25) is 0 Å². The summed E-state index contributed by atoms with van der Waals surface area (Å²) in [7, 11) is -3.48. The molecule has 2 saturated carbocycles. The molecule has 4 nitrogen and oxygen atoms in total. The molecule has 0 aromatic heterocycles. The molecule has 0 aliphatic heterocycles. The third-order valence-electron chi connectivity index (χ3n) is 4.58. The van der Waals surface area contributed by atoms with Gasteiger partial charge in [0.15, 0.2) is 0 Å². The third kappa shape index (κ3) is 2.36. The average Bonchev–Trinajstić information content (AvgIpc) is 2.58. The Morgan fingerprint density at radius 3 is 2.72 bits per heavy atom. The maximum absolute atomic E-state index is 11.4. The van der Waals surface area contributed by atoms with Crippen LogP contribution in [0.1, 0.15) is 38.5 Å². The molecule has 0 saturated heterocycles. The van der Waals surface area contributed by atoms with Crippen LogP contribution in [0.25, 0.3) is 0 Å². The summed E-state index contributed by atoms with van der Waals surface area (Å²) in [5.74, 6) is 0.353. The summed E-state index contributed by atoms with van der Waals surface area (Å²) >= 11 is 0. The summed E-state index contributed by atoms with van der Waals surface area (Å²) in [6.07, 6.45) is 7.04. The van der Waals surface area contributed by atoms with Gasteiger partial charge in [-0.15, -0.1) is 6.58 Å². The van der Waals surface area contributed by atoms with Crippen molar-refractivity contribution in [2.45, 2.75) is 50.7 Å². The lowest BCUT2D eigenvalue weighted by Gasteiger charge is -2.46. The monoisotopic (exact) mass is 274 g/mol. The van der Waals surface area contributed by atoms with Gasteiger partial charge in [0.05, 0.1) is 18.5 Å². The predicted octanol–water partition coefficient (Wildman–Crippen LogP) is 1.85. The summed E-state index contributed by atoms with van der Waals surface area (Å²) in [4.78, 5) is 0. The zero-order valence-electron chi connectivity index (χ0n) is 10.8. The number of hydrogen-bond acceptors (Lipinski definition) is 4. The van der Waals surface area contributed by atoms with Gasteiger partial charge in [-0.1, -0.05) is 12.5 Å². The van der Waals surface area contributed by atoms with Crippen molar-refractivity contribution in [1.82, 2.24) is 0 Å². The molecule has 104 valence electrons. The van der Waals surface area contributed by atoms with Crippen molar-refractivity contribution in [2.75, 3.05) is 6.26 Å². The standard InChI is InChI=1S/C13H22O4S/c1-3-9-13-10(5-4-6-11(13)14)7-8-12(13)17-18(2,15)16/h3,10-12,14H,1,4-9H2,2H3/t10-,11?,12-,13+/m1/s1. The molecule has 5 heteroatoms. The molecule has 0 heterocycles. The van der Waals surface area contributed by atoms with Gasteiger partial charge in [0, 0.05) is 5.41 Å². The van der Waals surface area contributed by atoms with Gasteiger partial charge in [-0.05, 0) is 38.0 Å². The van der Waals surface area contributed by atoms with Gasteiger partial charge in [0.25, 0.3) is 10.1 Å². The molecule has 2 rings (SSSR count). The van der Waals surface area contributed by atoms with Crippen molar-refractivity contribution < 1.29 is 17.7 Å². The van der Waals surface area contributed by atoms with Crippen LogP contribution in [0.15, 0.2) is 12.7 Å². The number of aliphatic hydroxyl groups is 1. The molecule has 1 N–H and O–H groups in total. The summed E-state index contributed by atoms with van der Waals surface area (Å²) in [6, 6.07) is 0. The first-order valence-electron chi connectivity index (χ1n) is 6.57. The van der Waals surface area contributed by atoms with Crippen LogP contribution in [0.5, 0.6) is 0 Å². The van der Waals surface area contributed by atoms with E-state index in [0.717, 1.165) is 31.9 Å². The van der Waals surface area contributed by atoms with E-state index < -0.39 is 27.7 Å². The van der Waals surface area contributed by atoms with E-state index in [9.17, 15) is 13.5 Å². The van der Waals surface area contributed by atoms with Crippen LogP contribution in [0.2, 0.25) is 0 Å². The normalized spacial score (nSPS) is 40.4. The fourth-order valence-corrected chi connectivity index (χ4v) is 4.61. The first-order chi connectivity index (χ1) is 8.40. The van der Waals surface area contributed by atoms with Gasteiger partial charge in [-0.25, -0.2) is 0 Å². The maximum Gasteiger partial charge on any atom is 0.264 e. The molecule has 0 radical (unpaired) electrons. The highest BCUT2D eigenvalue weighted by molar-refractivity contribution is 7.86. The highest BCUT2D eigenvalue weighted by Crippen LogP contribution is 2.56. The first kappa shape index (κ1) is 14.0. The number of rotatable bonds is 4. The topological polar surface area (TPSA) is 63.6 Å². The van der Waals surface area contributed by atoms with Crippen molar-refractivity contribution in [3.05, 3.63) is 12.7 Å². The minimum absolute atomic E-state index is 0.353. The fourth-order valence-electron chi connectivity index (χ4n) is 3.91. The minimum atomic E-state index is -3.48. The number of hydrogen-bond donors (Lipinski definition) is 1. The van der Waals surface area contributed by atoms with E-state index >= 15 is 0 Å². The van der Waals surface area contributed by atoms with Crippen LogP contribution in [0.4, 0.5) is 0 Å². The molecule has 4 atom stereocenters. The Kier molecular flexibility index (Phi) is 3.85. The Hall–Kier alpha value is -0.390. The molecule has 0 aromatic rings. The molecule has 1 unspecified atom stereocenters. The van der Waals surface area contributed by atoms with E-state index in [1.54, 1.807) is 6.08 Å². The molecule has 0 aromatic carbocycles. The van der Waals surface area contributed by atoms with Crippen LogP contribution in [0.3, 0.4) is 0 Å². The van der Waals surface area contributed by atoms with Crippen molar-refractivity contribution >= 4 is 10.1 Å². The smallest absolute Gasteiger partial charge is 0.264 e. The molecule has 2 fully saturated rings. The van der Waals surface area contributed by atoms with Crippen LogP contribution < -0.4 is 0 Å². The van der Waals surface area contributed by atoms with E-state index in [4.69, 9.17) is 4.18 Å². The lowest BCUT2D eigenvalue weighted by Crippen LogP contribution is -2.49. The van der Waals surface area contributed by atoms with Crippen molar-refractivity contribution in [3.8, 4) is 0 Å². The second-order valence-corrected chi connectivity index (χ2v) is 7.22. The number of allylic oxidation sites excluding steroid dienone is 1. The summed E-state index contributed by atoms with van der Waals surface area (Å²) in [5, 5.41) is 10.4. The van der Waals surface area contributed by atoms with Crippen LogP contribution in [-0.4, -0.2) is 32.0 Å². The first-order valence-corrected chi connectivity index (χ1v) is 8.39. The largest absolute Gasteiger partial charge is 0.392 e. The van der Waals surface area contributed by atoms with Crippen LogP contribution >= 0.6 is 0 Å². The van der Waals surface area contributed by atoms with E-state index in [1.165, 1.54) is 0 Å². The van der Waals surface area contributed by atoms with E-state index in [2.05, 4.69) is 6.58 Å². The van der Waals surface area contributed by atoms with Crippen molar-refractivity contribution in [1.29, 1.82) is 0 Å². The fraction of sp³-hybridized carbons (Fsp3) is 0.846. The number of aliphatic hydroxyl groups excluding tert-OH is 1. The molecule has 0 amide bonds. The quantitative estimate of drug-likeness (QED) is 0.627. The minimum Gasteiger partial charge on any atom is -0.392 e. The zero-order valence-corrected chi connectivity index (χ0v) is 11.7. The van der Waals surface area contributed by atoms with Crippen LogP contribution in [-0.2, 0) is 14.3 Å². The highest BCUT2D eigenvalue weighted by atomic mass is 32.2. The highest BCUT2D eigenvalue weighted by Gasteiger charge is 2.56. The predicted molar refractivity (Wildman–Crippen MR) is 69.5 cm³/mol. The Morgan fingerprint density at radius 1 is 1.39 bits per heavy atom. The van der Waals surface area contributed by atoms with Crippen molar-refractivity contribution in [3.63, 3.8) is 0 Å². The molecule has 0 spiro atoms. The third-order valence-corrected chi connectivity index (χ3v) is 5.16. The summed E-state index contributed by atoms with van der Waals surface area (Å²) in [6.45, 7) is 3.76. The van der Waals surface area contributed by atoms with Gasteiger partial charge >= 0.3 is 0 Å². The molecule has 0 bridgehead atoms. The van der Waals surface area contributed by atoms with Crippen molar-refractivity contribution in [2.24, 2.45) is 11.3 Å². The lowest BCUT2D eigenvalue weighted by atomic mass is 9.63. The lowest BCUT2D eigenvalue weighted by molar-refractivity contribution is -0.0864. The number of fused-ring (bicyclic) bond motifs is 1. The molecule has 2 aliphatic rings. The SMILES string of the molecule is C=CC[C@@]12C(O)CCC[C@@H]1CC[C@H]2OS(C)(=O)=O. The van der Waals surface area contributed by atoms with E-state index in [0.29, 0.717) is 18.8 Å². The van der Waals surface area contributed by atoms with E-state index in [-0.39, 0.29) is 0 Å². The summed E-state index contributed by atoms with van der Waals surface area (Å²) in [5.41, 5.74) is -0.441. The second-order valence-electron chi connectivity index (χ2n) is 5.62. The maximum atomic E-state index is 11.4. The van der Waals surface area contributed by atoms with Crippen LogP contribution in [0, 0.1) is 11.3 Å². The molecule has 2 aliphatic carbocycles. The Balaban J connectivity index is 2.32. The zero-order chi connectivity index (χ0) is 13.4. The molecular weight excluding hydrogens is 252 g/mol. The van der Waals surface area contributed by atoms with Gasteiger partial charge in [0.1, 0.15) is 0 Å². The van der Waals surface area contributed by atoms with Gasteiger partial charge < -0.3 is 5.11 Å². The summed E-state index contributed by atoms with van der Waals surface area (Å²) < 4.78 is 28.0. The molecule has 18 heavy (non-hydrogen) atoms. The Labute approximate surface area is 109 Å². The molecular formula is C13H22O4S. The Morgan fingerprint density at radius 2 is 2.11 bits per heavy atom. The second kappa shape index (κ2) is 4.94.